The first-order chi connectivity index (χ1) is 17.7. The van der Waals surface area contributed by atoms with Crippen LogP contribution in [0.1, 0.15) is 49.1 Å². The van der Waals surface area contributed by atoms with Crippen LogP contribution in [0.5, 0.6) is 0 Å². The molecule has 1 aromatic heterocycles. The number of amides is 2. The molecule has 2 heterocycles. The van der Waals surface area contributed by atoms with Crippen molar-refractivity contribution in [3.8, 4) is 11.1 Å². The van der Waals surface area contributed by atoms with E-state index in [1.807, 2.05) is 45.0 Å². The second-order valence-electron chi connectivity index (χ2n) is 9.55. The van der Waals surface area contributed by atoms with Crippen LogP contribution in [0.4, 0.5) is 4.79 Å². The minimum atomic E-state index is -1.10. The second kappa shape index (κ2) is 13.5. The van der Waals surface area contributed by atoms with Gasteiger partial charge in [-0.15, -0.1) is 0 Å². The number of aryl methyl sites for hydroxylation is 2. The SMILES string of the molecule is Cc1cccc(-c2cc(C(=O)[C@@H](C)C(=O)N3C(=O)OC[C@H]3C(C)C)oc2CCCOCCOCCO)c1. The molecule has 37 heavy (non-hydrogen) atoms. The number of Topliss-reactive ketones (excluding diaryl/α,β-unsaturated/α-hetero) is 1. The van der Waals surface area contributed by atoms with Gasteiger partial charge in [-0.1, -0.05) is 43.7 Å². The molecule has 1 aliphatic rings. The van der Waals surface area contributed by atoms with Crippen molar-refractivity contribution in [3.05, 3.63) is 47.4 Å². The van der Waals surface area contributed by atoms with Gasteiger partial charge in [0, 0.05) is 18.6 Å². The number of ether oxygens (including phenoxy) is 3. The Kier molecular flexibility index (Phi) is 10.4. The molecule has 0 bridgehead atoms. The molecule has 0 spiro atoms. The normalized spacial score (nSPS) is 16.3. The lowest BCUT2D eigenvalue weighted by Crippen LogP contribution is -2.45. The van der Waals surface area contributed by atoms with Crippen LogP contribution in [-0.4, -0.2) is 73.5 Å². The third kappa shape index (κ3) is 7.28. The summed E-state index contributed by atoms with van der Waals surface area (Å²) in [6.45, 7) is 8.97. The van der Waals surface area contributed by atoms with Crippen molar-refractivity contribution in [1.82, 2.24) is 4.90 Å². The minimum Gasteiger partial charge on any atom is -0.457 e. The average Bonchev–Trinajstić information content (AvgIpc) is 3.48. The number of aliphatic hydroxyl groups excluding tert-OH is 1. The maximum atomic E-state index is 13.3. The summed E-state index contributed by atoms with van der Waals surface area (Å²) in [5, 5.41) is 8.73. The van der Waals surface area contributed by atoms with E-state index in [1.165, 1.54) is 6.92 Å². The fourth-order valence-corrected chi connectivity index (χ4v) is 4.23. The van der Waals surface area contributed by atoms with Crippen LogP contribution >= 0.6 is 0 Å². The molecule has 0 unspecified atom stereocenters. The summed E-state index contributed by atoms with van der Waals surface area (Å²) in [6.07, 6.45) is 0.472. The summed E-state index contributed by atoms with van der Waals surface area (Å²) in [6, 6.07) is 9.17. The molecule has 2 aromatic rings. The van der Waals surface area contributed by atoms with Gasteiger partial charge in [0.2, 0.25) is 11.7 Å². The zero-order valence-electron chi connectivity index (χ0n) is 22.0. The van der Waals surface area contributed by atoms with Crippen LogP contribution in [0.15, 0.2) is 34.7 Å². The first-order valence-electron chi connectivity index (χ1n) is 12.7. The summed E-state index contributed by atoms with van der Waals surface area (Å²) in [7, 11) is 0. The highest BCUT2D eigenvalue weighted by Gasteiger charge is 2.43. The summed E-state index contributed by atoms with van der Waals surface area (Å²) in [5.74, 6) is -1.45. The average molecular weight is 516 g/mol. The number of imide groups is 1. The molecule has 3 rings (SSSR count). The smallest absolute Gasteiger partial charge is 0.417 e. The first kappa shape index (κ1) is 28.6. The number of rotatable bonds is 14. The Morgan fingerprint density at radius 1 is 1.11 bits per heavy atom. The van der Waals surface area contributed by atoms with Crippen molar-refractivity contribution < 1.29 is 38.1 Å². The van der Waals surface area contributed by atoms with Gasteiger partial charge in [0.15, 0.2) is 5.76 Å². The van der Waals surface area contributed by atoms with E-state index in [2.05, 4.69) is 0 Å². The zero-order chi connectivity index (χ0) is 26.9. The molecule has 2 atom stereocenters. The molecule has 1 fully saturated rings. The predicted octanol–water partition coefficient (Wildman–Crippen LogP) is 4.04. The van der Waals surface area contributed by atoms with Gasteiger partial charge in [-0.3, -0.25) is 9.59 Å². The van der Waals surface area contributed by atoms with Gasteiger partial charge in [-0.05, 0) is 37.8 Å². The maximum absolute atomic E-state index is 13.3. The summed E-state index contributed by atoms with van der Waals surface area (Å²) in [5.41, 5.74) is 2.77. The fraction of sp³-hybridized carbons (Fsp3) is 0.536. The third-order valence-electron chi connectivity index (χ3n) is 6.36. The number of benzene rings is 1. The van der Waals surface area contributed by atoms with Gasteiger partial charge in [0.25, 0.3) is 0 Å². The highest BCUT2D eigenvalue weighted by molar-refractivity contribution is 6.12. The lowest BCUT2D eigenvalue weighted by molar-refractivity contribution is -0.132. The van der Waals surface area contributed by atoms with E-state index < -0.39 is 29.7 Å². The fourth-order valence-electron chi connectivity index (χ4n) is 4.23. The topological polar surface area (TPSA) is 116 Å². The Bertz CT molecular complexity index is 1080. The van der Waals surface area contributed by atoms with E-state index in [0.717, 1.165) is 21.6 Å². The number of ketones is 1. The zero-order valence-corrected chi connectivity index (χ0v) is 22.0. The van der Waals surface area contributed by atoms with Crippen molar-refractivity contribution in [2.75, 3.05) is 39.6 Å². The number of hydrogen-bond donors (Lipinski definition) is 1. The molecule has 2 amide bonds. The molecule has 0 aliphatic carbocycles. The Hall–Kier alpha value is -3.01. The van der Waals surface area contributed by atoms with Crippen LogP contribution in [0, 0.1) is 18.8 Å². The number of carbonyl (C=O) groups excluding carboxylic acids is 3. The van der Waals surface area contributed by atoms with Crippen molar-refractivity contribution >= 4 is 17.8 Å². The van der Waals surface area contributed by atoms with Crippen molar-refractivity contribution in [3.63, 3.8) is 0 Å². The van der Waals surface area contributed by atoms with E-state index in [4.69, 9.17) is 23.7 Å². The van der Waals surface area contributed by atoms with Gasteiger partial charge < -0.3 is 23.7 Å². The maximum Gasteiger partial charge on any atom is 0.417 e. The Morgan fingerprint density at radius 2 is 1.84 bits per heavy atom. The molecule has 0 saturated carbocycles. The number of aliphatic hydroxyl groups is 1. The lowest BCUT2D eigenvalue weighted by Gasteiger charge is -2.24. The molecular weight excluding hydrogens is 478 g/mol. The van der Waals surface area contributed by atoms with E-state index in [-0.39, 0.29) is 31.5 Å². The lowest BCUT2D eigenvalue weighted by atomic mass is 9.98. The van der Waals surface area contributed by atoms with Gasteiger partial charge in [0.05, 0.1) is 32.5 Å². The molecule has 0 radical (unpaired) electrons. The van der Waals surface area contributed by atoms with Crippen LogP contribution < -0.4 is 0 Å². The van der Waals surface area contributed by atoms with Crippen LogP contribution in [0.2, 0.25) is 0 Å². The molecule has 1 aromatic carbocycles. The Balaban J connectivity index is 1.74. The largest absolute Gasteiger partial charge is 0.457 e. The van der Waals surface area contributed by atoms with E-state index in [9.17, 15) is 14.4 Å². The van der Waals surface area contributed by atoms with Crippen LogP contribution in [0.25, 0.3) is 11.1 Å². The van der Waals surface area contributed by atoms with Crippen molar-refractivity contribution in [1.29, 1.82) is 0 Å². The van der Waals surface area contributed by atoms with Gasteiger partial charge in [-0.25, -0.2) is 9.69 Å². The van der Waals surface area contributed by atoms with Gasteiger partial charge >= 0.3 is 6.09 Å². The molecule has 202 valence electrons. The van der Waals surface area contributed by atoms with E-state index in [1.54, 1.807) is 6.07 Å². The van der Waals surface area contributed by atoms with Gasteiger partial charge in [-0.2, -0.15) is 0 Å². The molecular formula is C28H37NO8. The van der Waals surface area contributed by atoms with Crippen LogP contribution in [0.3, 0.4) is 0 Å². The van der Waals surface area contributed by atoms with E-state index >= 15 is 0 Å². The number of carbonyl (C=O) groups is 3. The monoisotopic (exact) mass is 515 g/mol. The summed E-state index contributed by atoms with van der Waals surface area (Å²) >= 11 is 0. The molecule has 9 nitrogen and oxygen atoms in total. The summed E-state index contributed by atoms with van der Waals surface area (Å²) in [4.78, 5) is 39.8. The highest BCUT2D eigenvalue weighted by Crippen LogP contribution is 2.31. The van der Waals surface area contributed by atoms with E-state index in [0.29, 0.717) is 38.4 Å². The van der Waals surface area contributed by atoms with Gasteiger partial charge in [0.1, 0.15) is 18.3 Å². The first-order valence-corrected chi connectivity index (χ1v) is 12.7. The Labute approximate surface area is 217 Å². The minimum absolute atomic E-state index is 0.00398. The second-order valence-corrected chi connectivity index (χ2v) is 9.55. The third-order valence-corrected chi connectivity index (χ3v) is 6.36. The molecule has 1 saturated heterocycles. The van der Waals surface area contributed by atoms with Crippen LogP contribution in [-0.2, 0) is 25.4 Å². The quantitative estimate of drug-likeness (QED) is 0.228. The number of nitrogens with zero attached hydrogens (tertiary/aromatic N) is 1. The van der Waals surface area contributed by atoms with Crippen molar-refractivity contribution in [2.24, 2.45) is 11.8 Å². The molecule has 9 heteroatoms. The molecule has 1 aliphatic heterocycles. The number of furan rings is 1. The molecule has 1 N–H and O–H groups in total. The Morgan fingerprint density at radius 3 is 2.51 bits per heavy atom. The van der Waals surface area contributed by atoms with Crippen molar-refractivity contribution in [2.45, 2.75) is 46.6 Å². The highest BCUT2D eigenvalue weighted by atomic mass is 16.6. The number of hydrogen-bond acceptors (Lipinski definition) is 8. The standard InChI is InChI=1S/C28H37NO8/c1-18(2)23-17-36-28(33)29(23)27(32)20(4)26(31)25-16-22(21-8-5-7-19(3)15-21)24(37-25)9-6-11-34-13-14-35-12-10-30/h5,7-8,15-16,18,20,23,30H,6,9-14,17H2,1-4H3/t20-,23+/m1/s1. The predicted molar refractivity (Wildman–Crippen MR) is 136 cm³/mol. The number of cyclic esters (lactones) is 1. The summed E-state index contributed by atoms with van der Waals surface area (Å²) < 4.78 is 21.9.